The Morgan fingerprint density at radius 2 is 1.82 bits per heavy atom. The molecule has 2 aliphatic rings. The van der Waals surface area contributed by atoms with E-state index in [-0.39, 0.29) is 5.41 Å². The van der Waals surface area contributed by atoms with Gasteiger partial charge in [0.05, 0.1) is 17.0 Å². The maximum Gasteiger partial charge on any atom is 0.337 e. The van der Waals surface area contributed by atoms with Crippen molar-refractivity contribution in [1.29, 1.82) is 0 Å². The van der Waals surface area contributed by atoms with Crippen LogP contribution in [0.15, 0.2) is 36.4 Å². The van der Waals surface area contributed by atoms with Crippen LogP contribution in [0, 0.1) is 19.3 Å². The van der Waals surface area contributed by atoms with E-state index in [2.05, 4.69) is 70.8 Å². The molecule has 0 unspecified atom stereocenters. The number of aryl methyl sites for hydroxylation is 2. The number of carboxylic acids is 1. The van der Waals surface area contributed by atoms with E-state index in [0.29, 0.717) is 16.6 Å². The quantitative estimate of drug-likeness (QED) is 0.237. The van der Waals surface area contributed by atoms with Crippen LogP contribution in [-0.4, -0.2) is 46.2 Å². The highest BCUT2D eigenvalue weighted by atomic mass is 79.9. The van der Waals surface area contributed by atoms with Crippen molar-refractivity contribution in [2.75, 3.05) is 24.5 Å². The molecule has 45 heavy (non-hydrogen) atoms. The van der Waals surface area contributed by atoms with Crippen molar-refractivity contribution in [2.24, 2.45) is 5.41 Å². The SMILES string of the molecule is Cc1cccc(Cl)c1CN1CCc2cc(-c3c(CBr)nc(C)c([C@H](OC(C)(C)C)C(=O)O)c3N3CCC(C)(C)CC3)ccc2C1. The number of pyridine rings is 1. The second kappa shape index (κ2) is 13.3. The van der Waals surface area contributed by atoms with E-state index < -0.39 is 17.7 Å². The first-order valence-electron chi connectivity index (χ1n) is 16.0. The Bertz CT molecular complexity index is 1550. The van der Waals surface area contributed by atoms with Gasteiger partial charge in [-0.2, -0.15) is 0 Å². The number of benzene rings is 2. The van der Waals surface area contributed by atoms with Gasteiger partial charge in [0.25, 0.3) is 0 Å². The van der Waals surface area contributed by atoms with Crippen molar-refractivity contribution >= 4 is 39.2 Å². The molecule has 242 valence electrons. The number of carboxylic acid groups (broad SMARTS) is 1. The number of rotatable bonds is 8. The molecule has 0 amide bonds. The van der Waals surface area contributed by atoms with E-state index in [0.717, 1.165) is 79.5 Å². The number of nitrogens with zero attached hydrogens (tertiary/aromatic N) is 3. The van der Waals surface area contributed by atoms with Crippen molar-refractivity contribution in [3.63, 3.8) is 0 Å². The Balaban J connectivity index is 1.60. The zero-order valence-corrected chi connectivity index (χ0v) is 30.1. The summed E-state index contributed by atoms with van der Waals surface area (Å²) in [5.41, 5.74) is 9.97. The molecule has 0 spiro atoms. The molecule has 3 aromatic rings. The minimum absolute atomic E-state index is 0.242. The first-order chi connectivity index (χ1) is 21.2. The lowest BCUT2D eigenvalue weighted by molar-refractivity contribution is -0.160. The van der Waals surface area contributed by atoms with Crippen LogP contribution < -0.4 is 4.90 Å². The van der Waals surface area contributed by atoms with Crippen LogP contribution in [0.5, 0.6) is 0 Å². The lowest BCUT2D eigenvalue weighted by atomic mass is 9.81. The molecule has 1 atom stereocenters. The summed E-state index contributed by atoms with van der Waals surface area (Å²) in [5, 5.41) is 11.9. The Morgan fingerprint density at radius 3 is 2.44 bits per heavy atom. The van der Waals surface area contributed by atoms with Gasteiger partial charge in [0, 0.05) is 59.9 Å². The molecule has 1 fully saturated rings. The van der Waals surface area contributed by atoms with Gasteiger partial charge >= 0.3 is 5.97 Å². The van der Waals surface area contributed by atoms with Crippen LogP contribution in [0.25, 0.3) is 11.1 Å². The number of piperidine rings is 1. The number of aromatic nitrogens is 1. The lowest BCUT2D eigenvalue weighted by Crippen LogP contribution is -2.39. The largest absolute Gasteiger partial charge is 0.479 e. The molecular weight excluding hydrogens is 650 g/mol. The summed E-state index contributed by atoms with van der Waals surface area (Å²) in [7, 11) is 0. The maximum absolute atomic E-state index is 12.9. The van der Waals surface area contributed by atoms with Gasteiger partial charge in [0.1, 0.15) is 0 Å². The Hall–Kier alpha value is -2.45. The first kappa shape index (κ1) is 33.9. The fourth-order valence-corrected chi connectivity index (χ4v) is 7.41. The fraction of sp³-hybridized carbons (Fsp3) is 0.514. The van der Waals surface area contributed by atoms with Crippen molar-refractivity contribution < 1.29 is 14.6 Å². The highest BCUT2D eigenvalue weighted by Crippen LogP contribution is 2.46. The molecule has 1 aromatic heterocycles. The van der Waals surface area contributed by atoms with E-state index in [1.165, 1.54) is 22.3 Å². The van der Waals surface area contributed by atoms with Gasteiger partial charge < -0.3 is 14.7 Å². The molecule has 8 heteroatoms. The van der Waals surface area contributed by atoms with Crippen LogP contribution in [0.3, 0.4) is 0 Å². The molecule has 1 saturated heterocycles. The van der Waals surface area contributed by atoms with Gasteiger partial charge in [0.15, 0.2) is 6.10 Å². The number of carbonyl (C=O) groups is 1. The van der Waals surface area contributed by atoms with Crippen molar-refractivity contribution in [3.05, 3.63) is 80.6 Å². The zero-order valence-electron chi connectivity index (χ0n) is 27.8. The summed E-state index contributed by atoms with van der Waals surface area (Å²) in [5.74, 6) is -0.995. The van der Waals surface area contributed by atoms with Crippen molar-refractivity contribution in [2.45, 2.75) is 97.9 Å². The smallest absolute Gasteiger partial charge is 0.337 e. The number of fused-ring (bicyclic) bond motifs is 1. The third kappa shape index (κ3) is 7.59. The molecule has 5 rings (SSSR count). The molecule has 3 heterocycles. The average Bonchev–Trinajstić information content (AvgIpc) is 2.97. The number of hydrogen-bond acceptors (Lipinski definition) is 5. The van der Waals surface area contributed by atoms with Crippen LogP contribution in [0.1, 0.15) is 92.8 Å². The van der Waals surface area contributed by atoms with Gasteiger partial charge in [0.2, 0.25) is 0 Å². The second-order valence-electron chi connectivity index (χ2n) is 14.5. The summed E-state index contributed by atoms with van der Waals surface area (Å²) in [6.07, 6.45) is 1.85. The average molecular weight is 697 g/mol. The van der Waals surface area contributed by atoms with Crippen LogP contribution in [0.2, 0.25) is 5.02 Å². The minimum atomic E-state index is -1.13. The third-order valence-corrected chi connectivity index (χ3v) is 10.2. The van der Waals surface area contributed by atoms with Gasteiger partial charge in [-0.1, -0.05) is 71.7 Å². The number of halogens is 2. The Kier molecular flexibility index (Phi) is 10.1. The summed E-state index contributed by atoms with van der Waals surface area (Å²) in [4.78, 5) is 22.8. The fourth-order valence-electron chi connectivity index (χ4n) is 6.72. The summed E-state index contributed by atoms with van der Waals surface area (Å²) in [6, 6.07) is 12.9. The number of hydrogen-bond donors (Lipinski definition) is 1. The van der Waals surface area contributed by atoms with Gasteiger partial charge in [-0.05, 0) is 93.2 Å². The summed E-state index contributed by atoms with van der Waals surface area (Å²) < 4.78 is 6.28. The summed E-state index contributed by atoms with van der Waals surface area (Å²) >= 11 is 10.3. The Labute approximate surface area is 282 Å². The molecule has 0 radical (unpaired) electrons. The predicted molar refractivity (Wildman–Crippen MR) is 187 cm³/mol. The van der Waals surface area contributed by atoms with Crippen molar-refractivity contribution in [3.8, 4) is 11.1 Å². The molecule has 0 saturated carbocycles. The molecule has 0 aliphatic carbocycles. The van der Waals surface area contributed by atoms with Gasteiger partial charge in [-0.3, -0.25) is 9.88 Å². The first-order valence-corrected chi connectivity index (χ1v) is 17.5. The van der Waals surface area contributed by atoms with Crippen LogP contribution in [0.4, 0.5) is 5.69 Å². The molecule has 0 bridgehead atoms. The van der Waals surface area contributed by atoms with E-state index >= 15 is 0 Å². The minimum Gasteiger partial charge on any atom is -0.479 e. The summed E-state index contributed by atoms with van der Waals surface area (Å²) in [6.45, 7) is 18.7. The maximum atomic E-state index is 12.9. The molecular formula is C37H47BrClN3O3. The molecule has 2 aromatic carbocycles. The monoisotopic (exact) mass is 695 g/mol. The molecule has 1 N–H and O–H groups in total. The standard InChI is InChI=1S/C37H47BrClN3O3/c1-23-9-8-10-29(39)28(23)22-41-16-13-25-19-26(11-12-27(25)21-41)32-30(20-38)40-24(2)31(34(35(43)44)45-36(3,4)5)33(32)42-17-14-37(6,7)15-18-42/h8-12,19,34H,13-18,20-22H2,1-7H3,(H,43,44)/t34-/m0/s1. The topological polar surface area (TPSA) is 65.9 Å². The number of alkyl halides is 1. The Morgan fingerprint density at radius 1 is 1.11 bits per heavy atom. The van der Waals surface area contributed by atoms with E-state index in [4.69, 9.17) is 21.3 Å². The third-order valence-electron chi connectivity index (χ3n) is 9.31. The van der Waals surface area contributed by atoms with Crippen LogP contribution in [-0.2, 0) is 34.4 Å². The molecule has 2 aliphatic heterocycles. The number of ether oxygens (including phenoxy) is 1. The highest BCUT2D eigenvalue weighted by Gasteiger charge is 2.37. The van der Waals surface area contributed by atoms with Gasteiger partial charge in [-0.15, -0.1) is 0 Å². The zero-order chi connectivity index (χ0) is 32.7. The normalized spacial score (nSPS) is 17.7. The predicted octanol–water partition coefficient (Wildman–Crippen LogP) is 9.04. The molecule has 6 nitrogen and oxygen atoms in total. The van der Waals surface area contributed by atoms with E-state index in [9.17, 15) is 9.90 Å². The highest BCUT2D eigenvalue weighted by molar-refractivity contribution is 9.08. The van der Waals surface area contributed by atoms with Crippen molar-refractivity contribution in [1.82, 2.24) is 9.88 Å². The second-order valence-corrected chi connectivity index (χ2v) is 15.5. The van der Waals surface area contributed by atoms with Gasteiger partial charge in [-0.25, -0.2) is 4.79 Å². The van der Waals surface area contributed by atoms with E-state index in [1.54, 1.807) is 0 Å². The van der Waals surface area contributed by atoms with Crippen LogP contribution >= 0.6 is 27.5 Å². The number of aliphatic carboxylic acids is 1. The lowest BCUT2D eigenvalue weighted by Gasteiger charge is -2.41. The van der Waals surface area contributed by atoms with E-state index in [1.807, 2.05) is 39.8 Å². The number of anilines is 1.